The Kier molecular flexibility index (Phi) is 2.67. The smallest absolute Gasteiger partial charge is 0.121 e. The molecular weight excluding hydrogens is 190 g/mol. The number of aliphatic hydroxyl groups is 1. The molecule has 0 unspecified atom stereocenters. The zero-order valence-electron chi connectivity index (χ0n) is 8.74. The molecule has 0 saturated heterocycles. The Labute approximate surface area is 89.5 Å². The summed E-state index contributed by atoms with van der Waals surface area (Å²) in [5, 5.41) is 18.6. The van der Waals surface area contributed by atoms with E-state index in [0.717, 1.165) is 31.2 Å². The molecular formula is C12H17NO2. The second-order valence-corrected chi connectivity index (χ2v) is 4.36. The Morgan fingerprint density at radius 1 is 1.27 bits per heavy atom. The lowest BCUT2D eigenvalue weighted by molar-refractivity contribution is 0.275. The highest BCUT2D eigenvalue weighted by Crippen LogP contribution is 2.37. The zero-order valence-corrected chi connectivity index (χ0v) is 8.74. The first-order chi connectivity index (χ1) is 7.15. The molecule has 0 aromatic heterocycles. The normalized spacial score (nSPS) is 19.3. The lowest BCUT2D eigenvalue weighted by Crippen LogP contribution is -2.32. The van der Waals surface area contributed by atoms with E-state index in [1.807, 2.05) is 6.07 Å². The molecule has 3 nitrogen and oxygen atoms in total. The molecule has 0 atom stereocenters. The van der Waals surface area contributed by atoms with Gasteiger partial charge in [-0.25, -0.2) is 0 Å². The van der Waals surface area contributed by atoms with E-state index in [4.69, 9.17) is 10.8 Å². The van der Waals surface area contributed by atoms with E-state index in [-0.39, 0.29) is 17.9 Å². The molecule has 1 fully saturated rings. The molecule has 3 heteroatoms. The molecule has 0 spiro atoms. The van der Waals surface area contributed by atoms with Crippen LogP contribution >= 0.6 is 0 Å². The number of nitrogens with two attached hydrogens (primary N) is 1. The summed E-state index contributed by atoms with van der Waals surface area (Å²) < 4.78 is 0. The van der Waals surface area contributed by atoms with E-state index in [0.29, 0.717) is 5.56 Å². The van der Waals surface area contributed by atoms with Gasteiger partial charge in [-0.05, 0) is 24.5 Å². The summed E-state index contributed by atoms with van der Waals surface area (Å²) in [7, 11) is 0. The SMILES string of the molecule is NC1(c2ccc(CO)c(O)c2)CCCC1. The molecule has 1 saturated carbocycles. The predicted octanol–water partition coefficient (Wildman–Crippen LogP) is 1.61. The number of phenols is 1. The quantitative estimate of drug-likeness (QED) is 0.690. The molecule has 1 aliphatic carbocycles. The monoisotopic (exact) mass is 207 g/mol. The van der Waals surface area contributed by atoms with Crippen LogP contribution in [0.1, 0.15) is 36.8 Å². The van der Waals surface area contributed by atoms with Gasteiger partial charge in [0.25, 0.3) is 0 Å². The fraction of sp³-hybridized carbons (Fsp3) is 0.500. The van der Waals surface area contributed by atoms with E-state index in [2.05, 4.69) is 0 Å². The first-order valence-corrected chi connectivity index (χ1v) is 5.38. The average Bonchev–Trinajstić information content (AvgIpc) is 2.66. The first kappa shape index (κ1) is 10.5. The minimum Gasteiger partial charge on any atom is -0.508 e. The highest BCUT2D eigenvalue weighted by molar-refractivity contribution is 5.39. The van der Waals surface area contributed by atoms with E-state index in [1.165, 1.54) is 0 Å². The maximum Gasteiger partial charge on any atom is 0.121 e. The van der Waals surface area contributed by atoms with Crippen LogP contribution in [0.15, 0.2) is 18.2 Å². The van der Waals surface area contributed by atoms with Crippen molar-refractivity contribution in [1.29, 1.82) is 0 Å². The van der Waals surface area contributed by atoms with Crippen molar-refractivity contribution in [1.82, 2.24) is 0 Å². The third-order valence-corrected chi connectivity index (χ3v) is 3.33. The van der Waals surface area contributed by atoms with Crippen molar-refractivity contribution in [3.63, 3.8) is 0 Å². The van der Waals surface area contributed by atoms with Crippen molar-refractivity contribution in [2.45, 2.75) is 37.8 Å². The lowest BCUT2D eigenvalue weighted by Gasteiger charge is -2.24. The minimum atomic E-state index is -0.272. The molecule has 1 aromatic carbocycles. The molecule has 0 aliphatic heterocycles. The Morgan fingerprint density at radius 3 is 2.47 bits per heavy atom. The molecule has 0 heterocycles. The van der Waals surface area contributed by atoms with Gasteiger partial charge in [-0.3, -0.25) is 0 Å². The summed E-state index contributed by atoms with van der Waals surface area (Å²) in [5.74, 6) is 0.145. The van der Waals surface area contributed by atoms with Crippen LogP contribution in [-0.2, 0) is 12.1 Å². The highest BCUT2D eigenvalue weighted by Gasteiger charge is 2.31. The molecule has 0 amide bonds. The van der Waals surface area contributed by atoms with Gasteiger partial charge in [0, 0.05) is 11.1 Å². The largest absolute Gasteiger partial charge is 0.508 e. The third kappa shape index (κ3) is 1.85. The van der Waals surface area contributed by atoms with Crippen molar-refractivity contribution in [2.24, 2.45) is 5.73 Å². The first-order valence-electron chi connectivity index (χ1n) is 5.38. The average molecular weight is 207 g/mol. The molecule has 1 aliphatic rings. The van der Waals surface area contributed by atoms with Crippen LogP contribution in [-0.4, -0.2) is 10.2 Å². The Balaban J connectivity index is 2.33. The van der Waals surface area contributed by atoms with Crippen LogP contribution in [0.2, 0.25) is 0 Å². The van der Waals surface area contributed by atoms with Gasteiger partial charge in [-0.15, -0.1) is 0 Å². The number of hydrogen-bond acceptors (Lipinski definition) is 3. The van der Waals surface area contributed by atoms with Gasteiger partial charge in [0.15, 0.2) is 0 Å². The van der Waals surface area contributed by atoms with Crippen LogP contribution in [0.25, 0.3) is 0 Å². The second-order valence-electron chi connectivity index (χ2n) is 4.36. The van der Waals surface area contributed by atoms with Crippen LogP contribution in [0.3, 0.4) is 0 Å². The summed E-state index contributed by atoms with van der Waals surface area (Å²) in [5.41, 5.74) is 7.53. The molecule has 15 heavy (non-hydrogen) atoms. The Bertz CT molecular complexity index is 357. The summed E-state index contributed by atoms with van der Waals surface area (Å²) in [6, 6.07) is 5.35. The van der Waals surface area contributed by atoms with Gasteiger partial charge in [0.2, 0.25) is 0 Å². The zero-order chi connectivity index (χ0) is 10.9. The van der Waals surface area contributed by atoms with Gasteiger partial charge in [-0.2, -0.15) is 0 Å². The van der Waals surface area contributed by atoms with Crippen LogP contribution in [0.4, 0.5) is 0 Å². The second kappa shape index (κ2) is 3.83. The van der Waals surface area contributed by atoms with Crippen molar-refractivity contribution in [3.8, 4) is 5.75 Å². The molecule has 0 bridgehead atoms. The topological polar surface area (TPSA) is 66.5 Å². The van der Waals surface area contributed by atoms with E-state index in [1.54, 1.807) is 12.1 Å². The number of hydrogen-bond donors (Lipinski definition) is 3. The summed E-state index contributed by atoms with van der Waals surface area (Å²) in [4.78, 5) is 0. The number of rotatable bonds is 2. The van der Waals surface area contributed by atoms with Crippen molar-refractivity contribution in [3.05, 3.63) is 29.3 Å². The standard InChI is InChI=1S/C12H17NO2/c13-12(5-1-2-6-12)10-4-3-9(8-14)11(15)7-10/h3-4,7,14-15H,1-2,5-6,8,13H2. The molecule has 82 valence electrons. The number of aliphatic hydroxyl groups excluding tert-OH is 1. The summed E-state index contributed by atoms with van der Waals surface area (Å²) in [6.45, 7) is -0.135. The lowest BCUT2D eigenvalue weighted by atomic mass is 9.88. The van der Waals surface area contributed by atoms with Crippen LogP contribution < -0.4 is 5.73 Å². The number of aromatic hydroxyl groups is 1. The molecule has 2 rings (SSSR count). The maximum atomic E-state index is 9.65. The van der Waals surface area contributed by atoms with E-state index < -0.39 is 0 Å². The molecule has 0 radical (unpaired) electrons. The third-order valence-electron chi connectivity index (χ3n) is 3.33. The van der Waals surface area contributed by atoms with E-state index in [9.17, 15) is 5.11 Å². The Morgan fingerprint density at radius 2 is 1.93 bits per heavy atom. The van der Waals surface area contributed by atoms with Crippen LogP contribution in [0.5, 0.6) is 5.75 Å². The highest BCUT2D eigenvalue weighted by atomic mass is 16.3. The fourth-order valence-electron chi connectivity index (χ4n) is 2.30. The summed E-state index contributed by atoms with van der Waals surface area (Å²) >= 11 is 0. The van der Waals surface area contributed by atoms with Gasteiger partial charge in [0.05, 0.1) is 6.61 Å². The fourth-order valence-corrected chi connectivity index (χ4v) is 2.30. The van der Waals surface area contributed by atoms with Crippen molar-refractivity contribution >= 4 is 0 Å². The van der Waals surface area contributed by atoms with Crippen molar-refractivity contribution < 1.29 is 10.2 Å². The van der Waals surface area contributed by atoms with Crippen molar-refractivity contribution in [2.75, 3.05) is 0 Å². The van der Waals surface area contributed by atoms with Gasteiger partial charge >= 0.3 is 0 Å². The van der Waals surface area contributed by atoms with E-state index >= 15 is 0 Å². The van der Waals surface area contributed by atoms with Gasteiger partial charge in [0.1, 0.15) is 5.75 Å². The molecule has 4 N–H and O–H groups in total. The summed E-state index contributed by atoms with van der Waals surface area (Å²) in [6.07, 6.45) is 4.26. The maximum absolute atomic E-state index is 9.65. The van der Waals surface area contributed by atoms with Gasteiger partial charge < -0.3 is 15.9 Å². The number of benzene rings is 1. The van der Waals surface area contributed by atoms with Crippen LogP contribution in [0, 0.1) is 0 Å². The Hall–Kier alpha value is -1.06. The van der Waals surface area contributed by atoms with Gasteiger partial charge in [-0.1, -0.05) is 25.0 Å². The minimum absolute atomic E-state index is 0.135. The predicted molar refractivity (Wildman–Crippen MR) is 58.4 cm³/mol. The molecule has 1 aromatic rings.